The van der Waals surface area contributed by atoms with E-state index in [1.54, 1.807) is 6.07 Å². The van der Waals surface area contributed by atoms with E-state index in [2.05, 4.69) is 174 Å². The van der Waals surface area contributed by atoms with Crippen LogP contribution in [0.5, 0.6) is 0 Å². The van der Waals surface area contributed by atoms with E-state index in [-0.39, 0.29) is 48.9 Å². The molecule has 0 aliphatic carbocycles. The Morgan fingerprint density at radius 1 is 0.608 bits per heavy atom. The number of pyridine rings is 2. The number of aromatic nitrogens is 3. The SMILES string of the molecule is CC(C)(C)c1ccc2c(c1)B1c3c(cc(-c4ccc5c(c4)oc4c(-c6ccccn6)[c-]ccc45)cc3-n3c4ccc(C(C)(C)C)cc4c4cc(C(C)(C)C)cc1c43)S2.Cc1cnc(-c2[c-]cc(F)cc2)cc1C.[Ir]. The first-order chi connectivity index (χ1) is 34.8. The molecule has 0 fully saturated rings. The van der Waals surface area contributed by atoms with Crippen molar-refractivity contribution in [1.82, 2.24) is 14.5 Å². The largest absolute Gasteiger partial charge is 0.501 e. The summed E-state index contributed by atoms with van der Waals surface area (Å²) in [4.78, 5) is 11.6. The number of fused-ring (bicyclic) bond motifs is 10. The third-order valence-electron chi connectivity index (χ3n) is 15.1. The molecule has 13 rings (SSSR count). The molecule has 2 aliphatic heterocycles. The van der Waals surface area contributed by atoms with E-state index in [1.165, 1.54) is 93.6 Å². The van der Waals surface area contributed by atoms with Crippen molar-refractivity contribution in [2.45, 2.75) is 102 Å². The Labute approximate surface area is 452 Å². The molecule has 4 aromatic heterocycles. The fourth-order valence-electron chi connectivity index (χ4n) is 10.8. The Morgan fingerprint density at radius 3 is 2.07 bits per heavy atom. The molecule has 7 aromatic carbocycles. The fourth-order valence-corrected chi connectivity index (χ4v) is 12.0. The first-order valence-electron chi connectivity index (χ1n) is 25.3. The molecule has 0 spiro atoms. The number of halogens is 1. The smallest absolute Gasteiger partial charge is 0.249 e. The van der Waals surface area contributed by atoms with E-state index in [1.807, 2.05) is 68.3 Å². The van der Waals surface area contributed by atoms with Crippen molar-refractivity contribution >= 4 is 78.6 Å². The molecule has 11 aromatic rings. The van der Waals surface area contributed by atoms with Gasteiger partial charge in [0.1, 0.15) is 5.58 Å². The zero-order valence-corrected chi connectivity index (χ0v) is 47.0. The number of hydrogen-bond acceptors (Lipinski definition) is 4. The van der Waals surface area contributed by atoms with E-state index < -0.39 is 0 Å². The van der Waals surface area contributed by atoms with Crippen LogP contribution in [0.1, 0.15) is 90.1 Å². The summed E-state index contributed by atoms with van der Waals surface area (Å²) in [5.74, 6) is -0.275. The second-order valence-electron chi connectivity index (χ2n) is 23.2. The first kappa shape index (κ1) is 49.6. The predicted octanol–water partition coefficient (Wildman–Crippen LogP) is 15.7. The van der Waals surface area contributed by atoms with Gasteiger partial charge in [-0.15, -0.1) is 48.0 Å². The van der Waals surface area contributed by atoms with Crippen molar-refractivity contribution in [1.29, 1.82) is 0 Å². The molecule has 0 unspecified atom stereocenters. The second kappa shape index (κ2) is 18.1. The first-order valence-corrected chi connectivity index (χ1v) is 26.1. The van der Waals surface area contributed by atoms with Crippen LogP contribution >= 0.6 is 11.8 Å². The molecule has 4 nitrogen and oxygen atoms in total. The van der Waals surface area contributed by atoms with Crippen LogP contribution in [-0.2, 0) is 36.4 Å². The quantitative estimate of drug-likeness (QED) is 0.131. The Morgan fingerprint density at radius 2 is 1.35 bits per heavy atom. The topological polar surface area (TPSA) is 43.9 Å². The number of rotatable bonds is 3. The summed E-state index contributed by atoms with van der Waals surface area (Å²) in [5, 5.41) is 4.84. The molecule has 0 bridgehead atoms. The van der Waals surface area contributed by atoms with Gasteiger partial charge in [-0.3, -0.25) is 4.39 Å². The van der Waals surface area contributed by atoms with Gasteiger partial charge in [0.15, 0.2) is 0 Å². The number of nitrogens with zero attached hydrogens (tertiary/aromatic N) is 3. The summed E-state index contributed by atoms with van der Waals surface area (Å²) in [6.45, 7) is 25.2. The van der Waals surface area contributed by atoms with Crippen molar-refractivity contribution in [3.05, 3.63) is 192 Å². The number of aryl methyl sites for hydroxylation is 2. The van der Waals surface area contributed by atoms with Crippen LogP contribution in [0, 0.1) is 31.8 Å². The minimum atomic E-state index is -0.275. The van der Waals surface area contributed by atoms with E-state index in [4.69, 9.17) is 4.42 Å². The molecule has 74 heavy (non-hydrogen) atoms. The Balaban J connectivity index is 0.000000316. The van der Waals surface area contributed by atoms with Crippen LogP contribution in [0.4, 0.5) is 4.39 Å². The molecular formula is C66H57BFIrN3OS-2. The van der Waals surface area contributed by atoms with Gasteiger partial charge in [0.2, 0.25) is 6.71 Å². The molecule has 0 N–H and O–H groups in total. The summed E-state index contributed by atoms with van der Waals surface area (Å²) in [5.41, 5.74) is 22.0. The number of hydrogen-bond donors (Lipinski definition) is 0. The Bertz CT molecular complexity index is 4040. The van der Waals surface area contributed by atoms with Crippen LogP contribution in [0.2, 0.25) is 0 Å². The van der Waals surface area contributed by atoms with Crippen molar-refractivity contribution in [2.24, 2.45) is 0 Å². The van der Waals surface area contributed by atoms with Crippen LogP contribution in [0.15, 0.2) is 160 Å². The molecular weight excluding hydrogens is 1100 g/mol. The summed E-state index contributed by atoms with van der Waals surface area (Å²) < 4.78 is 22.0. The third-order valence-corrected chi connectivity index (χ3v) is 16.3. The van der Waals surface area contributed by atoms with Gasteiger partial charge in [0.25, 0.3) is 0 Å². The van der Waals surface area contributed by atoms with Gasteiger partial charge in [-0.25, -0.2) is 0 Å². The number of furan rings is 1. The standard InChI is InChI=1S/C53H46BN2OS.C13H11FN.Ir/c1-51(2,3)32-17-20-43-38(26-32)39-27-34(53(7,8)9)29-41-49(39)56(43)44-23-31(25-47-48(44)54(41)40-28-33(52(4,5)6)18-21-46(40)58-47)30-16-19-35-36-13-12-14-37(42-15-10-11-22-55-42)50(36)57-45(35)24-30;1-9-7-13(15-8-10(9)2)11-3-5-12(14)6-4-11;/h10-13,15-29H,1-9H3;3,5-8H,1-2H3;/q2*-1;. The van der Waals surface area contributed by atoms with E-state index in [0.29, 0.717) is 0 Å². The summed E-state index contributed by atoms with van der Waals surface area (Å²) in [6, 6.07) is 53.9. The normalized spacial score (nSPS) is 12.9. The zero-order chi connectivity index (χ0) is 50.9. The Hall–Kier alpha value is -6.57. The average Bonchev–Trinajstić information content (AvgIpc) is 3.91. The second-order valence-corrected chi connectivity index (χ2v) is 24.3. The van der Waals surface area contributed by atoms with Gasteiger partial charge >= 0.3 is 0 Å². The van der Waals surface area contributed by atoms with E-state index >= 15 is 0 Å². The minimum Gasteiger partial charge on any atom is -0.501 e. The maximum atomic E-state index is 12.7. The monoisotopic (exact) mass is 1160 g/mol. The van der Waals surface area contributed by atoms with Gasteiger partial charge in [-0.2, -0.15) is 0 Å². The molecule has 0 saturated heterocycles. The molecule has 369 valence electrons. The van der Waals surface area contributed by atoms with Crippen LogP contribution < -0.4 is 16.4 Å². The third kappa shape index (κ3) is 8.44. The molecule has 0 atom stereocenters. The molecule has 8 heteroatoms. The molecule has 2 aliphatic rings. The van der Waals surface area contributed by atoms with Crippen molar-refractivity contribution in [3.8, 4) is 39.3 Å². The maximum Gasteiger partial charge on any atom is 0.249 e. The van der Waals surface area contributed by atoms with Crippen LogP contribution in [-0.4, -0.2) is 21.2 Å². The van der Waals surface area contributed by atoms with Crippen molar-refractivity contribution < 1.29 is 28.9 Å². The Kier molecular flexibility index (Phi) is 12.1. The summed E-state index contributed by atoms with van der Waals surface area (Å²) >= 11 is 1.92. The van der Waals surface area contributed by atoms with E-state index in [0.717, 1.165) is 55.6 Å². The van der Waals surface area contributed by atoms with E-state index in [9.17, 15) is 4.39 Å². The predicted molar refractivity (Wildman–Crippen MR) is 305 cm³/mol. The molecule has 6 heterocycles. The summed E-state index contributed by atoms with van der Waals surface area (Å²) in [7, 11) is 0. The van der Waals surface area contributed by atoms with Gasteiger partial charge in [0, 0.05) is 75.5 Å². The van der Waals surface area contributed by atoms with Gasteiger partial charge in [-0.1, -0.05) is 151 Å². The number of benzene rings is 7. The van der Waals surface area contributed by atoms with Gasteiger partial charge in [-0.05, 0) is 134 Å². The fraction of sp³-hybridized carbons (Fsp3) is 0.212. The van der Waals surface area contributed by atoms with Gasteiger partial charge < -0.3 is 19.0 Å². The zero-order valence-electron chi connectivity index (χ0n) is 43.8. The van der Waals surface area contributed by atoms with Gasteiger partial charge in [0.05, 0.1) is 11.1 Å². The van der Waals surface area contributed by atoms with Crippen molar-refractivity contribution in [3.63, 3.8) is 0 Å². The maximum absolute atomic E-state index is 12.7. The van der Waals surface area contributed by atoms with Crippen LogP contribution in [0.25, 0.3) is 83.1 Å². The molecule has 1 radical (unpaired) electrons. The minimum absolute atomic E-state index is 0. The van der Waals surface area contributed by atoms with Crippen molar-refractivity contribution in [2.75, 3.05) is 0 Å². The molecule has 0 saturated carbocycles. The molecule has 0 amide bonds. The van der Waals surface area contributed by atoms with Crippen LogP contribution in [0.3, 0.4) is 0 Å². The summed E-state index contributed by atoms with van der Waals surface area (Å²) in [6.07, 6.45) is 3.64. The average molecular weight is 1160 g/mol.